The van der Waals surface area contributed by atoms with Crippen LogP contribution < -0.4 is 9.64 Å². The third kappa shape index (κ3) is 3.59. The summed E-state index contributed by atoms with van der Waals surface area (Å²) in [6, 6.07) is 4.46. The largest absolute Gasteiger partial charge is 0.487 e. The molecule has 110 valence electrons. The number of anilines is 1. The number of benzene rings is 1. The van der Waals surface area contributed by atoms with Gasteiger partial charge in [0.15, 0.2) is 5.75 Å². The van der Waals surface area contributed by atoms with Crippen molar-refractivity contribution >= 4 is 17.3 Å². The van der Waals surface area contributed by atoms with Crippen LogP contribution in [-0.2, 0) is 4.79 Å². The van der Waals surface area contributed by atoms with Gasteiger partial charge < -0.3 is 14.7 Å². The molecule has 0 fully saturated rings. The molecule has 1 aromatic rings. The van der Waals surface area contributed by atoms with Gasteiger partial charge in [-0.15, -0.1) is 0 Å². The van der Waals surface area contributed by atoms with Gasteiger partial charge in [0.25, 0.3) is 0 Å². The van der Waals surface area contributed by atoms with E-state index in [0.717, 1.165) is 0 Å². The molecule has 0 saturated heterocycles. The fourth-order valence-corrected chi connectivity index (χ4v) is 1.89. The molecule has 0 aliphatic carbocycles. The SMILES string of the molecule is CCOc1cccc(N(CC(=O)O)C(C)C)c1[N+](=O)[O-]. The summed E-state index contributed by atoms with van der Waals surface area (Å²) in [5, 5.41) is 20.2. The second kappa shape index (κ2) is 6.74. The summed E-state index contributed by atoms with van der Waals surface area (Å²) in [5.74, 6) is -0.902. The van der Waals surface area contributed by atoms with Crippen molar-refractivity contribution in [2.24, 2.45) is 0 Å². The number of para-hydroxylation sites is 1. The molecule has 0 amide bonds. The fraction of sp³-hybridized carbons (Fsp3) is 0.462. The molecular weight excluding hydrogens is 264 g/mol. The van der Waals surface area contributed by atoms with E-state index in [2.05, 4.69) is 0 Å². The number of carboxylic acid groups (broad SMARTS) is 1. The lowest BCUT2D eigenvalue weighted by Crippen LogP contribution is -2.36. The highest BCUT2D eigenvalue weighted by molar-refractivity contribution is 5.78. The topological polar surface area (TPSA) is 92.9 Å². The average Bonchev–Trinajstić information content (AvgIpc) is 2.35. The minimum absolute atomic E-state index is 0.144. The normalized spacial score (nSPS) is 10.4. The quantitative estimate of drug-likeness (QED) is 0.609. The Kier molecular flexibility index (Phi) is 5.31. The highest BCUT2D eigenvalue weighted by atomic mass is 16.6. The first kappa shape index (κ1) is 15.7. The summed E-state index contributed by atoms with van der Waals surface area (Å²) in [6.45, 7) is 5.27. The molecule has 0 saturated carbocycles. The van der Waals surface area contributed by atoms with Crippen LogP contribution in [0, 0.1) is 10.1 Å². The maximum absolute atomic E-state index is 11.3. The Bertz CT molecular complexity index is 502. The minimum atomic E-state index is -1.05. The lowest BCUT2D eigenvalue weighted by atomic mass is 10.2. The molecule has 0 unspecified atom stereocenters. The smallest absolute Gasteiger partial charge is 0.333 e. The number of nitro benzene ring substituents is 1. The molecule has 0 aromatic heterocycles. The molecule has 1 aromatic carbocycles. The van der Waals surface area contributed by atoms with Gasteiger partial charge in [0.1, 0.15) is 12.2 Å². The summed E-state index contributed by atoms with van der Waals surface area (Å²) in [5.41, 5.74) is 0.0441. The van der Waals surface area contributed by atoms with Crippen LogP contribution in [0.2, 0.25) is 0 Å². The molecular formula is C13H18N2O5. The Morgan fingerprint density at radius 2 is 2.15 bits per heavy atom. The predicted octanol–water partition coefficient (Wildman–Crippen LogP) is 2.29. The molecule has 20 heavy (non-hydrogen) atoms. The molecule has 0 atom stereocenters. The summed E-state index contributed by atoms with van der Waals surface area (Å²) >= 11 is 0. The maximum atomic E-state index is 11.3. The summed E-state index contributed by atoms with van der Waals surface area (Å²) in [7, 11) is 0. The first-order valence-electron chi connectivity index (χ1n) is 6.27. The van der Waals surface area contributed by atoms with E-state index in [4.69, 9.17) is 9.84 Å². The molecule has 7 nitrogen and oxygen atoms in total. The molecule has 0 radical (unpaired) electrons. The first-order chi connectivity index (χ1) is 9.38. The van der Waals surface area contributed by atoms with Crippen LogP contribution in [0.3, 0.4) is 0 Å². The van der Waals surface area contributed by atoms with Crippen molar-refractivity contribution in [3.05, 3.63) is 28.3 Å². The van der Waals surface area contributed by atoms with E-state index in [1.54, 1.807) is 26.8 Å². The molecule has 0 bridgehead atoms. The predicted molar refractivity (Wildman–Crippen MR) is 74.4 cm³/mol. The molecule has 0 spiro atoms. The number of hydrogen-bond acceptors (Lipinski definition) is 5. The molecule has 1 rings (SSSR count). The van der Waals surface area contributed by atoms with Gasteiger partial charge in [-0.1, -0.05) is 6.07 Å². The highest BCUT2D eigenvalue weighted by Crippen LogP contribution is 2.37. The zero-order chi connectivity index (χ0) is 15.3. The standard InChI is InChI=1S/C13H18N2O5/c1-4-20-11-7-5-6-10(13(11)15(18)19)14(9(2)3)8-12(16)17/h5-7,9H,4,8H2,1-3H3,(H,16,17). The Morgan fingerprint density at radius 1 is 1.50 bits per heavy atom. The zero-order valence-electron chi connectivity index (χ0n) is 11.7. The minimum Gasteiger partial charge on any atom is -0.487 e. The van der Waals surface area contributed by atoms with E-state index < -0.39 is 10.9 Å². The van der Waals surface area contributed by atoms with E-state index in [1.165, 1.54) is 17.0 Å². The maximum Gasteiger partial charge on any atom is 0.333 e. The number of rotatable bonds is 7. The molecule has 0 heterocycles. The van der Waals surface area contributed by atoms with Gasteiger partial charge >= 0.3 is 11.7 Å². The van der Waals surface area contributed by atoms with Crippen LogP contribution in [0.4, 0.5) is 11.4 Å². The molecule has 7 heteroatoms. The number of carbonyl (C=O) groups is 1. The molecule has 1 N–H and O–H groups in total. The fourth-order valence-electron chi connectivity index (χ4n) is 1.89. The van der Waals surface area contributed by atoms with Crippen LogP contribution in [0.1, 0.15) is 20.8 Å². The van der Waals surface area contributed by atoms with Crippen LogP contribution in [0.15, 0.2) is 18.2 Å². The van der Waals surface area contributed by atoms with Crippen LogP contribution in [0.25, 0.3) is 0 Å². The van der Waals surface area contributed by atoms with Gasteiger partial charge in [0, 0.05) is 6.04 Å². The summed E-state index contributed by atoms with van der Waals surface area (Å²) in [4.78, 5) is 23.1. The van der Waals surface area contributed by atoms with Gasteiger partial charge in [-0.25, -0.2) is 0 Å². The van der Waals surface area contributed by atoms with E-state index in [-0.39, 0.29) is 29.7 Å². The Morgan fingerprint density at radius 3 is 2.60 bits per heavy atom. The lowest BCUT2D eigenvalue weighted by Gasteiger charge is -2.27. The van der Waals surface area contributed by atoms with Crippen LogP contribution >= 0.6 is 0 Å². The Balaban J connectivity index is 3.36. The van der Waals surface area contributed by atoms with E-state index >= 15 is 0 Å². The van der Waals surface area contributed by atoms with E-state index in [0.29, 0.717) is 6.61 Å². The Labute approximate surface area is 116 Å². The van der Waals surface area contributed by atoms with E-state index in [1.807, 2.05) is 0 Å². The number of hydrogen-bond donors (Lipinski definition) is 1. The second-order valence-electron chi connectivity index (χ2n) is 4.43. The monoisotopic (exact) mass is 282 g/mol. The lowest BCUT2D eigenvalue weighted by molar-refractivity contribution is -0.385. The van der Waals surface area contributed by atoms with Gasteiger partial charge in [-0.3, -0.25) is 14.9 Å². The Hall–Kier alpha value is -2.31. The van der Waals surface area contributed by atoms with Crippen molar-refractivity contribution in [2.45, 2.75) is 26.8 Å². The number of ether oxygens (including phenoxy) is 1. The van der Waals surface area contributed by atoms with Crippen LogP contribution in [-0.4, -0.2) is 35.2 Å². The molecule has 0 aliphatic rings. The zero-order valence-corrected chi connectivity index (χ0v) is 11.7. The van der Waals surface area contributed by atoms with Gasteiger partial charge in [0.05, 0.1) is 11.5 Å². The van der Waals surface area contributed by atoms with E-state index in [9.17, 15) is 14.9 Å². The van der Waals surface area contributed by atoms with Crippen LogP contribution in [0.5, 0.6) is 5.75 Å². The number of aliphatic carboxylic acids is 1. The third-order valence-corrected chi connectivity index (χ3v) is 2.70. The van der Waals surface area contributed by atoms with Crippen molar-refractivity contribution < 1.29 is 19.6 Å². The third-order valence-electron chi connectivity index (χ3n) is 2.70. The number of nitro groups is 1. The van der Waals surface area contributed by atoms with Gasteiger partial charge in [-0.2, -0.15) is 0 Å². The van der Waals surface area contributed by atoms with Crippen molar-refractivity contribution in [2.75, 3.05) is 18.1 Å². The average molecular weight is 282 g/mol. The first-order valence-corrected chi connectivity index (χ1v) is 6.27. The second-order valence-corrected chi connectivity index (χ2v) is 4.43. The number of carboxylic acids is 1. The van der Waals surface area contributed by atoms with Gasteiger partial charge in [0.2, 0.25) is 0 Å². The molecule has 0 aliphatic heterocycles. The van der Waals surface area contributed by atoms with Gasteiger partial charge in [-0.05, 0) is 32.9 Å². The summed E-state index contributed by atoms with van der Waals surface area (Å²) < 4.78 is 5.26. The highest BCUT2D eigenvalue weighted by Gasteiger charge is 2.27. The van der Waals surface area contributed by atoms with Crippen molar-refractivity contribution in [1.29, 1.82) is 0 Å². The van der Waals surface area contributed by atoms with Crippen molar-refractivity contribution in [3.8, 4) is 5.75 Å². The summed E-state index contributed by atoms with van der Waals surface area (Å²) in [6.07, 6.45) is 0. The van der Waals surface area contributed by atoms with Crippen molar-refractivity contribution in [3.63, 3.8) is 0 Å². The number of nitrogens with zero attached hydrogens (tertiary/aromatic N) is 2. The van der Waals surface area contributed by atoms with Crippen molar-refractivity contribution in [1.82, 2.24) is 0 Å².